The van der Waals surface area contributed by atoms with Crippen LogP contribution in [0, 0.1) is 0 Å². The summed E-state index contributed by atoms with van der Waals surface area (Å²) in [6.07, 6.45) is 1.02. The Morgan fingerprint density at radius 1 is 1.12 bits per heavy atom. The third-order valence-corrected chi connectivity index (χ3v) is 6.13. The molecule has 0 N–H and O–H groups in total. The van der Waals surface area contributed by atoms with Crippen molar-refractivity contribution in [2.75, 3.05) is 24.9 Å². The number of nitrogens with zero attached hydrogens (tertiary/aromatic N) is 4. The molecule has 2 aromatic rings. The van der Waals surface area contributed by atoms with Gasteiger partial charge in [0.2, 0.25) is 5.91 Å². The van der Waals surface area contributed by atoms with Crippen LogP contribution < -0.4 is 4.31 Å². The van der Waals surface area contributed by atoms with Crippen LogP contribution in [-0.4, -0.2) is 49.6 Å². The third-order valence-electron chi connectivity index (χ3n) is 4.23. The van der Waals surface area contributed by atoms with E-state index < -0.39 is 10.0 Å². The molecular weight excluding hydrogens is 352 g/mol. The highest BCUT2D eigenvalue weighted by molar-refractivity contribution is 7.93. The highest BCUT2D eigenvalue weighted by Gasteiger charge is 2.33. The lowest BCUT2D eigenvalue weighted by atomic mass is 10.2. The second-order valence-corrected chi connectivity index (χ2v) is 7.99. The number of hydrogen-bond donors (Lipinski definition) is 0. The topological polar surface area (TPSA) is 75.5 Å². The van der Waals surface area contributed by atoms with Crippen molar-refractivity contribution in [1.29, 1.82) is 0 Å². The molecule has 0 saturated carbocycles. The summed E-state index contributed by atoms with van der Waals surface area (Å²) in [5, 5.41) is 4.37. The largest absolute Gasteiger partial charge is 0.347 e. The summed E-state index contributed by atoms with van der Waals surface area (Å²) in [6, 6.07) is 8.69. The van der Waals surface area contributed by atoms with Crippen LogP contribution in [0.4, 0.5) is 5.69 Å². The Bertz CT molecular complexity index is 873. The SMILES string of the molecule is CCc1nn(C)c(CC)c1S(=O)(=O)N(CC(=O)N(C)C)c1ccccc1. The molecular formula is C18H26N4O3S. The molecule has 0 bridgehead atoms. The Kier molecular flexibility index (Phi) is 6.07. The molecule has 1 aromatic carbocycles. The van der Waals surface area contributed by atoms with Crippen molar-refractivity contribution >= 4 is 21.6 Å². The van der Waals surface area contributed by atoms with Gasteiger partial charge in [-0.1, -0.05) is 32.0 Å². The van der Waals surface area contributed by atoms with Gasteiger partial charge in [0.25, 0.3) is 10.0 Å². The van der Waals surface area contributed by atoms with E-state index >= 15 is 0 Å². The van der Waals surface area contributed by atoms with Crippen LogP contribution in [0.1, 0.15) is 25.2 Å². The molecule has 0 radical (unpaired) electrons. The first-order valence-electron chi connectivity index (χ1n) is 8.56. The van der Waals surface area contributed by atoms with Crippen molar-refractivity contribution in [3.8, 4) is 0 Å². The van der Waals surface area contributed by atoms with Gasteiger partial charge in [0.05, 0.1) is 17.1 Å². The van der Waals surface area contributed by atoms with Crippen molar-refractivity contribution in [2.24, 2.45) is 7.05 Å². The zero-order valence-electron chi connectivity index (χ0n) is 15.9. The van der Waals surface area contributed by atoms with E-state index in [1.165, 1.54) is 9.21 Å². The van der Waals surface area contributed by atoms with Crippen molar-refractivity contribution in [2.45, 2.75) is 31.6 Å². The molecule has 26 heavy (non-hydrogen) atoms. The average Bonchev–Trinajstić information content (AvgIpc) is 2.96. The minimum atomic E-state index is -3.94. The minimum Gasteiger partial charge on any atom is -0.347 e. The average molecular weight is 378 g/mol. The first kappa shape index (κ1) is 20.0. The van der Waals surface area contributed by atoms with Gasteiger partial charge in [-0.15, -0.1) is 0 Å². The Hall–Kier alpha value is -2.35. The van der Waals surface area contributed by atoms with Crippen LogP contribution in [0.15, 0.2) is 35.2 Å². The van der Waals surface area contributed by atoms with Crippen LogP contribution in [0.5, 0.6) is 0 Å². The molecule has 0 saturated heterocycles. The van der Waals surface area contributed by atoms with E-state index in [0.717, 1.165) is 0 Å². The van der Waals surface area contributed by atoms with E-state index in [4.69, 9.17) is 0 Å². The predicted molar refractivity (Wildman–Crippen MR) is 102 cm³/mol. The summed E-state index contributed by atoms with van der Waals surface area (Å²) in [5.41, 5.74) is 1.61. The third kappa shape index (κ3) is 3.75. The number of rotatable bonds is 7. The van der Waals surface area contributed by atoms with E-state index in [1.807, 2.05) is 13.8 Å². The molecule has 8 heteroatoms. The zero-order valence-corrected chi connectivity index (χ0v) is 16.7. The number of aryl methyl sites for hydroxylation is 2. The van der Waals surface area contributed by atoms with E-state index in [9.17, 15) is 13.2 Å². The molecule has 1 aromatic heterocycles. The summed E-state index contributed by atoms with van der Waals surface area (Å²) >= 11 is 0. The molecule has 142 valence electrons. The van der Waals surface area contributed by atoms with Gasteiger partial charge in [-0.3, -0.25) is 13.8 Å². The predicted octanol–water partition coefficient (Wildman–Crippen LogP) is 1.83. The summed E-state index contributed by atoms with van der Waals surface area (Å²) in [4.78, 5) is 13.9. The Morgan fingerprint density at radius 3 is 2.23 bits per heavy atom. The Balaban J connectivity index is 2.66. The lowest BCUT2D eigenvalue weighted by Crippen LogP contribution is -2.40. The number of likely N-dealkylation sites (N-methyl/N-ethyl adjacent to an activating group) is 1. The number of amides is 1. The van der Waals surface area contributed by atoms with Crippen molar-refractivity contribution in [3.05, 3.63) is 41.7 Å². The molecule has 0 spiro atoms. The van der Waals surface area contributed by atoms with Crippen molar-refractivity contribution in [3.63, 3.8) is 0 Å². The van der Waals surface area contributed by atoms with Gasteiger partial charge in [0.1, 0.15) is 11.4 Å². The molecule has 0 aliphatic carbocycles. The quantitative estimate of drug-likeness (QED) is 0.737. The fraction of sp³-hybridized carbons (Fsp3) is 0.444. The highest BCUT2D eigenvalue weighted by Crippen LogP contribution is 2.29. The number of carbonyl (C=O) groups excluding carboxylic acids is 1. The number of carbonyl (C=O) groups is 1. The van der Waals surface area contributed by atoms with Crippen LogP contribution in [0.3, 0.4) is 0 Å². The number of anilines is 1. The van der Waals surface area contributed by atoms with Crippen LogP contribution >= 0.6 is 0 Å². The van der Waals surface area contributed by atoms with Crippen molar-refractivity contribution in [1.82, 2.24) is 14.7 Å². The molecule has 0 aliphatic heterocycles. The fourth-order valence-corrected chi connectivity index (χ4v) is 4.76. The van der Waals surface area contributed by atoms with E-state index in [2.05, 4.69) is 5.10 Å². The summed E-state index contributed by atoms with van der Waals surface area (Å²) < 4.78 is 29.9. The first-order chi connectivity index (χ1) is 12.2. The molecule has 0 atom stereocenters. The maximum atomic E-state index is 13.6. The van der Waals surface area contributed by atoms with Crippen LogP contribution in [0.2, 0.25) is 0 Å². The number of benzene rings is 1. The highest BCUT2D eigenvalue weighted by atomic mass is 32.2. The van der Waals surface area contributed by atoms with Gasteiger partial charge in [0, 0.05) is 21.1 Å². The van der Waals surface area contributed by atoms with Gasteiger partial charge in [-0.05, 0) is 25.0 Å². The summed E-state index contributed by atoms with van der Waals surface area (Å²) in [5.74, 6) is -0.294. The second-order valence-electron chi connectivity index (χ2n) is 6.19. The monoisotopic (exact) mass is 378 g/mol. The van der Waals surface area contributed by atoms with Gasteiger partial charge >= 0.3 is 0 Å². The zero-order chi connectivity index (χ0) is 19.5. The number of para-hydroxylation sites is 1. The molecule has 7 nitrogen and oxygen atoms in total. The molecule has 0 fully saturated rings. The molecule has 2 rings (SSSR count). The number of sulfonamides is 1. The smallest absolute Gasteiger partial charge is 0.268 e. The minimum absolute atomic E-state index is 0.209. The lowest BCUT2D eigenvalue weighted by Gasteiger charge is -2.25. The van der Waals surface area contributed by atoms with Gasteiger partial charge in [-0.2, -0.15) is 5.10 Å². The van der Waals surface area contributed by atoms with Gasteiger partial charge in [0.15, 0.2) is 0 Å². The van der Waals surface area contributed by atoms with E-state index in [-0.39, 0.29) is 17.3 Å². The maximum absolute atomic E-state index is 13.6. The van der Waals surface area contributed by atoms with E-state index in [1.54, 1.807) is 56.2 Å². The summed E-state index contributed by atoms with van der Waals surface area (Å²) in [7, 11) is 1.02. The number of aromatic nitrogens is 2. The molecule has 0 aliphatic rings. The maximum Gasteiger partial charge on any atom is 0.268 e. The first-order valence-corrected chi connectivity index (χ1v) is 10.0. The van der Waals surface area contributed by atoms with Gasteiger partial charge < -0.3 is 4.90 Å². The summed E-state index contributed by atoms with van der Waals surface area (Å²) in [6.45, 7) is 3.51. The van der Waals surface area contributed by atoms with E-state index in [0.29, 0.717) is 29.9 Å². The Morgan fingerprint density at radius 2 is 1.73 bits per heavy atom. The molecule has 1 amide bonds. The van der Waals surface area contributed by atoms with Crippen molar-refractivity contribution < 1.29 is 13.2 Å². The number of hydrogen-bond acceptors (Lipinski definition) is 4. The Labute approximate surface area is 155 Å². The molecule has 0 unspecified atom stereocenters. The van der Waals surface area contributed by atoms with Crippen LogP contribution in [-0.2, 0) is 34.7 Å². The molecule has 1 heterocycles. The standard InChI is InChI=1S/C18H26N4O3S/c1-6-15-18(16(7-2)21(5)19-15)26(24,25)22(13-17(23)20(3)4)14-11-9-8-10-12-14/h8-12H,6-7,13H2,1-5H3. The second kappa shape index (κ2) is 7.90. The fourth-order valence-electron chi connectivity index (χ4n) is 2.80. The normalized spacial score (nSPS) is 11.4. The van der Waals surface area contributed by atoms with Crippen LogP contribution in [0.25, 0.3) is 0 Å². The van der Waals surface area contributed by atoms with Gasteiger partial charge in [-0.25, -0.2) is 8.42 Å². The lowest BCUT2D eigenvalue weighted by molar-refractivity contribution is -0.127.